The average Bonchev–Trinajstić information content (AvgIpc) is 2.83. The number of nitrogens with zero attached hydrogens (tertiary/aromatic N) is 2. The second kappa shape index (κ2) is 6.80. The molecule has 3 rings (SSSR count). The number of amides is 2. The lowest BCUT2D eigenvalue weighted by atomic mass is 10.2. The Bertz CT molecular complexity index is 796. The van der Waals surface area contributed by atoms with Gasteiger partial charge in [0.1, 0.15) is 6.61 Å². The predicted molar refractivity (Wildman–Crippen MR) is 86.9 cm³/mol. The van der Waals surface area contributed by atoms with Gasteiger partial charge in [0.25, 0.3) is 11.1 Å². The standard InChI is InChI=1S/C15H10ClN3O3S/c16-14-17-10(6-11-13(20)19-15(21)23-11)7-12(18-14)22-8-9-4-2-1-3-5-9/h1-7H,8H2,(H,19,20,21)/b11-6-. The number of thioether (sulfide) groups is 1. The van der Waals surface area contributed by atoms with E-state index in [9.17, 15) is 9.59 Å². The van der Waals surface area contributed by atoms with Crippen LogP contribution in [0.5, 0.6) is 5.88 Å². The van der Waals surface area contributed by atoms with E-state index in [0.29, 0.717) is 12.3 Å². The van der Waals surface area contributed by atoms with Crippen LogP contribution in [0, 0.1) is 0 Å². The van der Waals surface area contributed by atoms with Crippen molar-refractivity contribution in [2.75, 3.05) is 0 Å². The van der Waals surface area contributed by atoms with Crippen LogP contribution in [0.15, 0.2) is 41.3 Å². The average molecular weight is 348 g/mol. The maximum atomic E-state index is 11.5. The smallest absolute Gasteiger partial charge is 0.290 e. The van der Waals surface area contributed by atoms with Crippen LogP contribution in [0.2, 0.25) is 5.28 Å². The Morgan fingerprint density at radius 2 is 2.00 bits per heavy atom. The van der Waals surface area contributed by atoms with Gasteiger partial charge < -0.3 is 4.74 Å². The third kappa shape index (κ3) is 4.08. The number of benzene rings is 1. The Morgan fingerprint density at radius 3 is 2.70 bits per heavy atom. The highest BCUT2D eigenvalue weighted by molar-refractivity contribution is 8.18. The molecule has 2 heterocycles. The van der Waals surface area contributed by atoms with Gasteiger partial charge in [0, 0.05) is 6.07 Å². The molecule has 1 fully saturated rings. The molecule has 0 bridgehead atoms. The lowest BCUT2D eigenvalue weighted by Crippen LogP contribution is -2.17. The van der Waals surface area contributed by atoms with Crippen molar-refractivity contribution < 1.29 is 14.3 Å². The highest BCUT2D eigenvalue weighted by Gasteiger charge is 2.25. The molecule has 0 saturated carbocycles. The second-order valence-electron chi connectivity index (χ2n) is 4.53. The van der Waals surface area contributed by atoms with Crippen LogP contribution < -0.4 is 10.1 Å². The van der Waals surface area contributed by atoms with Gasteiger partial charge in [-0.1, -0.05) is 30.3 Å². The fourth-order valence-electron chi connectivity index (χ4n) is 1.85. The molecule has 1 aliphatic rings. The molecule has 1 aromatic carbocycles. The van der Waals surface area contributed by atoms with E-state index in [0.717, 1.165) is 17.3 Å². The molecule has 8 heteroatoms. The highest BCUT2D eigenvalue weighted by Crippen LogP contribution is 2.26. The number of rotatable bonds is 4. The molecule has 1 aliphatic heterocycles. The molecular formula is C15H10ClN3O3S. The van der Waals surface area contributed by atoms with Gasteiger partial charge in [-0.05, 0) is 35.0 Å². The van der Waals surface area contributed by atoms with Gasteiger partial charge in [0.05, 0.1) is 10.6 Å². The van der Waals surface area contributed by atoms with Crippen molar-refractivity contribution in [3.8, 4) is 5.88 Å². The number of hydrogen-bond donors (Lipinski definition) is 1. The summed E-state index contributed by atoms with van der Waals surface area (Å²) in [4.78, 5) is 30.9. The van der Waals surface area contributed by atoms with E-state index in [4.69, 9.17) is 16.3 Å². The monoisotopic (exact) mass is 347 g/mol. The summed E-state index contributed by atoms with van der Waals surface area (Å²) in [6, 6.07) is 11.1. The number of halogens is 1. The van der Waals surface area contributed by atoms with Crippen LogP contribution in [-0.2, 0) is 11.4 Å². The largest absolute Gasteiger partial charge is 0.473 e. The van der Waals surface area contributed by atoms with Gasteiger partial charge in [0.15, 0.2) is 0 Å². The minimum Gasteiger partial charge on any atom is -0.473 e. The molecule has 0 spiro atoms. The summed E-state index contributed by atoms with van der Waals surface area (Å²) in [7, 11) is 0. The molecule has 0 atom stereocenters. The molecule has 1 N–H and O–H groups in total. The highest BCUT2D eigenvalue weighted by atomic mass is 35.5. The summed E-state index contributed by atoms with van der Waals surface area (Å²) < 4.78 is 5.59. The van der Waals surface area contributed by atoms with Gasteiger partial charge in [-0.3, -0.25) is 14.9 Å². The van der Waals surface area contributed by atoms with E-state index >= 15 is 0 Å². The van der Waals surface area contributed by atoms with Crippen LogP contribution in [0.25, 0.3) is 6.08 Å². The molecule has 2 aromatic rings. The molecule has 0 radical (unpaired) electrons. The van der Waals surface area contributed by atoms with Gasteiger partial charge >= 0.3 is 0 Å². The van der Waals surface area contributed by atoms with Crippen molar-refractivity contribution in [1.82, 2.24) is 15.3 Å². The Hall–Kier alpha value is -2.38. The van der Waals surface area contributed by atoms with Crippen molar-refractivity contribution in [3.63, 3.8) is 0 Å². The summed E-state index contributed by atoms with van der Waals surface area (Å²) >= 11 is 6.68. The second-order valence-corrected chi connectivity index (χ2v) is 5.88. The zero-order chi connectivity index (χ0) is 16.2. The number of ether oxygens (including phenoxy) is 1. The van der Waals surface area contributed by atoms with E-state index < -0.39 is 11.1 Å². The summed E-state index contributed by atoms with van der Waals surface area (Å²) in [5.41, 5.74) is 1.37. The van der Waals surface area contributed by atoms with E-state index in [1.807, 2.05) is 30.3 Å². The van der Waals surface area contributed by atoms with Crippen molar-refractivity contribution in [1.29, 1.82) is 0 Å². The molecule has 1 aromatic heterocycles. The fourth-order valence-corrected chi connectivity index (χ4v) is 2.70. The van der Waals surface area contributed by atoms with Gasteiger partial charge in [-0.15, -0.1) is 0 Å². The third-order valence-corrected chi connectivity index (χ3v) is 3.83. The zero-order valence-corrected chi connectivity index (χ0v) is 13.2. The maximum absolute atomic E-state index is 11.5. The quantitative estimate of drug-likeness (QED) is 0.676. The minimum atomic E-state index is -0.457. The number of carbonyl (C=O) groups excluding carboxylic acids is 2. The van der Waals surface area contributed by atoms with Gasteiger partial charge in [-0.25, -0.2) is 4.98 Å². The molecule has 0 aliphatic carbocycles. The number of carbonyl (C=O) groups is 2. The van der Waals surface area contributed by atoms with Crippen molar-refractivity contribution in [2.24, 2.45) is 0 Å². The van der Waals surface area contributed by atoms with Crippen LogP contribution >= 0.6 is 23.4 Å². The number of nitrogens with one attached hydrogen (secondary N) is 1. The molecule has 2 amide bonds. The SMILES string of the molecule is O=C1NC(=O)/C(=C/c2cc(OCc3ccccc3)nc(Cl)n2)S1. The topological polar surface area (TPSA) is 81.2 Å². The van der Waals surface area contributed by atoms with Crippen LogP contribution in [0.1, 0.15) is 11.3 Å². The number of imide groups is 1. The molecular weight excluding hydrogens is 338 g/mol. The molecule has 23 heavy (non-hydrogen) atoms. The lowest BCUT2D eigenvalue weighted by Gasteiger charge is -2.06. The van der Waals surface area contributed by atoms with Crippen molar-refractivity contribution in [2.45, 2.75) is 6.61 Å². The molecule has 6 nitrogen and oxygen atoms in total. The van der Waals surface area contributed by atoms with Crippen molar-refractivity contribution >= 4 is 40.6 Å². The first kappa shape index (κ1) is 15.5. The lowest BCUT2D eigenvalue weighted by molar-refractivity contribution is -0.115. The van der Waals surface area contributed by atoms with Crippen LogP contribution in [0.4, 0.5) is 4.79 Å². The first-order valence-electron chi connectivity index (χ1n) is 6.56. The third-order valence-electron chi connectivity index (χ3n) is 2.85. The Kier molecular flexibility index (Phi) is 4.59. The molecule has 1 saturated heterocycles. The summed E-state index contributed by atoms with van der Waals surface area (Å²) in [6.07, 6.45) is 1.47. The minimum absolute atomic E-state index is 0.00265. The van der Waals surface area contributed by atoms with E-state index in [1.165, 1.54) is 6.08 Å². The number of aromatic nitrogens is 2. The predicted octanol–water partition coefficient (Wildman–Crippen LogP) is 3.03. The molecule has 0 unspecified atom stereocenters. The van der Waals surface area contributed by atoms with E-state index in [2.05, 4.69) is 15.3 Å². The van der Waals surface area contributed by atoms with Crippen LogP contribution in [0.3, 0.4) is 0 Å². The fraction of sp³-hybridized carbons (Fsp3) is 0.0667. The first-order chi connectivity index (χ1) is 11.1. The first-order valence-corrected chi connectivity index (χ1v) is 7.76. The van der Waals surface area contributed by atoms with Crippen molar-refractivity contribution in [3.05, 3.63) is 57.8 Å². The Morgan fingerprint density at radius 1 is 1.22 bits per heavy atom. The van der Waals surface area contributed by atoms with E-state index in [1.54, 1.807) is 6.07 Å². The Labute approximate surface area is 140 Å². The normalized spacial score (nSPS) is 15.8. The number of hydrogen-bond acceptors (Lipinski definition) is 6. The summed E-state index contributed by atoms with van der Waals surface area (Å²) in [5, 5.41) is 1.75. The Balaban J connectivity index is 1.78. The molecule has 116 valence electrons. The maximum Gasteiger partial charge on any atom is 0.290 e. The van der Waals surface area contributed by atoms with Gasteiger partial charge in [-0.2, -0.15) is 4.98 Å². The van der Waals surface area contributed by atoms with E-state index in [-0.39, 0.29) is 16.1 Å². The van der Waals surface area contributed by atoms with Gasteiger partial charge in [0.2, 0.25) is 11.2 Å². The summed E-state index contributed by atoms with van der Waals surface area (Å²) in [5.74, 6) is -0.170. The zero-order valence-electron chi connectivity index (χ0n) is 11.7. The van der Waals surface area contributed by atoms with Crippen LogP contribution in [-0.4, -0.2) is 21.1 Å². The summed E-state index contributed by atoms with van der Waals surface area (Å²) in [6.45, 7) is 0.331.